The van der Waals surface area contributed by atoms with Crippen LogP contribution in [-0.2, 0) is 0 Å². The summed E-state index contributed by atoms with van der Waals surface area (Å²) in [6, 6.07) is 0. The molecule has 51 valence electrons. The van der Waals surface area contributed by atoms with Crippen LogP contribution in [0.3, 0.4) is 0 Å². The minimum absolute atomic E-state index is 0.418. The zero-order valence-corrected chi connectivity index (χ0v) is 6.27. The van der Waals surface area contributed by atoms with E-state index in [2.05, 4.69) is 0 Å². The van der Waals surface area contributed by atoms with E-state index in [4.69, 9.17) is 18.2 Å². The van der Waals surface area contributed by atoms with E-state index in [1.54, 1.807) is 0 Å². The van der Waals surface area contributed by atoms with Crippen molar-refractivity contribution in [3.8, 4) is 0 Å². The van der Waals surface area contributed by atoms with Gasteiger partial charge in [0, 0.05) is 5.38 Å². The minimum Gasteiger partial charge on any atom is -0.123 e. The zero-order valence-electron chi connectivity index (χ0n) is 5.52. The lowest BCUT2D eigenvalue weighted by atomic mass is 9.89. The first-order chi connectivity index (χ1) is 4.33. The molecule has 0 unspecified atom stereocenters. The van der Waals surface area contributed by atoms with Gasteiger partial charge in [0.15, 0.2) is 0 Å². The third kappa shape index (κ3) is 2.02. The SMILES string of the molecule is [CH]=CC1CCC(Cl)CC1. The summed E-state index contributed by atoms with van der Waals surface area (Å²) in [6.07, 6.45) is 6.46. The van der Waals surface area contributed by atoms with Crippen molar-refractivity contribution in [2.75, 3.05) is 0 Å². The number of hydrogen-bond acceptors (Lipinski definition) is 0. The van der Waals surface area contributed by atoms with Crippen molar-refractivity contribution in [1.82, 2.24) is 0 Å². The molecule has 0 heterocycles. The van der Waals surface area contributed by atoms with Crippen LogP contribution in [0.5, 0.6) is 0 Å². The van der Waals surface area contributed by atoms with Gasteiger partial charge in [0.05, 0.1) is 0 Å². The van der Waals surface area contributed by atoms with E-state index in [0.717, 1.165) is 12.8 Å². The van der Waals surface area contributed by atoms with E-state index in [-0.39, 0.29) is 0 Å². The van der Waals surface area contributed by atoms with Gasteiger partial charge in [0.2, 0.25) is 0 Å². The van der Waals surface area contributed by atoms with Gasteiger partial charge < -0.3 is 0 Å². The van der Waals surface area contributed by atoms with E-state index in [1.807, 2.05) is 6.08 Å². The Balaban J connectivity index is 2.26. The summed E-state index contributed by atoms with van der Waals surface area (Å²) in [6.45, 7) is 5.38. The Hall–Kier alpha value is 0.0300. The van der Waals surface area contributed by atoms with Crippen molar-refractivity contribution in [3.63, 3.8) is 0 Å². The van der Waals surface area contributed by atoms with Crippen LogP contribution in [0.4, 0.5) is 0 Å². The smallest absolute Gasteiger partial charge is 0.0336 e. The molecule has 0 N–H and O–H groups in total. The van der Waals surface area contributed by atoms with Crippen LogP contribution in [0.25, 0.3) is 0 Å². The quantitative estimate of drug-likeness (QED) is 0.496. The molecule has 1 saturated carbocycles. The zero-order chi connectivity index (χ0) is 6.69. The van der Waals surface area contributed by atoms with Crippen LogP contribution in [0.1, 0.15) is 25.7 Å². The first kappa shape index (κ1) is 7.14. The number of alkyl halides is 1. The molecule has 1 aliphatic rings. The summed E-state index contributed by atoms with van der Waals surface area (Å²) in [5, 5.41) is 0.418. The average Bonchev–Trinajstić information content (AvgIpc) is 1.90. The largest absolute Gasteiger partial charge is 0.123 e. The third-order valence-corrected chi connectivity index (χ3v) is 2.41. The molecule has 1 fully saturated rings. The summed E-state index contributed by atoms with van der Waals surface area (Å²) < 4.78 is 0. The fourth-order valence-electron chi connectivity index (χ4n) is 1.27. The molecule has 0 aromatic carbocycles. The molecule has 1 radical (unpaired) electrons. The maximum Gasteiger partial charge on any atom is 0.0336 e. The maximum absolute atomic E-state index is 5.88. The van der Waals surface area contributed by atoms with Crippen molar-refractivity contribution in [2.24, 2.45) is 5.92 Å². The predicted octanol–water partition coefficient (Wildman–Crippen LogP) is 2.77. The molecule has 1 aliphatic carbocycles. The normalized spacial score (nSPS) is 36.1. The molecule has 0 bridgehead atoms. The van der Waals surface area contributed by atoms with Gasteiger partial charge >= 0.3 is 0 Å². The summed E-state index contributed by atoms with van der Waals surface area (Å²) in [4.78, 5) is 0. The molecule has 0 aromatic rings. The van der Waals surface area contributed by atoms with Gasteiger partial charge in [-0.2, -0.15) is 0 Å². The minimum atomic E-state index is 0.418. The number of rotatable bonds is 1. The van der Waals surface area contributed by atoms with Gasteiger partial charge in [0.25, 0.3) is 0 Å². The van der Waals surface area contributed by atoms with Gasteiger partial charge in [-0.15, -0.1) is 11.6 Å². The van der Waals surface area contributed by atoms with Crippen LogP contribution in [0.15, 0.2) is 6.08 Å². The lowest BCUT2D eigenvalue weighted by Gasteiger charge is -2.21. The summed E-state index contributed by atoms with van der Waals surface area (Å²) in [5.74, 6) is 0.639. The average molecular weight is 144 g/mol. The molecule has 0 saturated heterocycles. The van der Waals surface area contributed by atoms with Crippen LogP contribution in [0.2, 0.25) is 0 Å². The molecular formula is C8H12Cl. The summed E-state index contributed by atoms with van der Waals surface area (Å²) in [7, 11) is 0. The van der Waals surface area contributed by atoms with Crippen molar-refractivity contribution in [2.45, 2.75) is 31.1 Å². The van der Waals surface area contributed by atoms with Crippen molar-refractivity contribution >= 4 is 11.6 Å². The van der Waals surface area contributed by atoms with E-state index in [9.17, 15) is 0 Å². The monoisotopic (exact) mass is 143 g/mol. The van der Waals surface area contributed by atoms with Gasteiger partial charge in [-0.1, -0.05) is 12.7 Å². The fourth-order valence-corrected chi connectivity index (χ4v) is 1.52. The van der Waals surface area contributed by atoms with Gasteiger partial charge in [0.1, 0.15) is 0 Å². The molecule has 9 heavy (non-hydrogen) atoms. The Morgan fingerprint density at radius 2 is 1.78 bits per heavy atom. The van der Waals surface area contributed by atoms with E-state index in [1.165, 1.54) is 12.8 Å². The van der Waals surface area contributed by atoms with Gasteiger partial charge in [-0.25, -0.2) is 0 Å². The molecular weight excluding hydrogens is 132 g/mol. The van der Waals surface area contributed by atoms with Crippen LogP contribution in [-0.4, -0.2) is 5.38 Å². The van der Waals surface area contributed by atoms with E-state index in [0.29, 0.717) is 11.3 Å². The Labute approximate surface area is 61.9 Å². The van der Waals surface area contributed by atoms with Gasteiger partial charge in [-0.05, 0) is 31.6 Å². The first-order valence-corrected chi connectivity index (χ1v) is 3.95. The summed E-state index contributed by atoms with van der Waals surface area (Å²) >= 11 is 5.88. The van der Waals surface area contributed by atoms with Gasteiger partial charge in [-0.3, -0.25) is 0 Å². The molecule has 0 amide bonds. The van der Waals surface area contributed by atoms with Crippen LogP contribution >= 0.6 is 11.6 Å². The molecule has 1 rings (SSSR count). The second-order valence-corrected chi connectivity index (χ2v) is 3.32. The fraction of sp³-hybridized carbons (Fsp3) is 0.750. The molecule has 0 nitrogen and oxygen atoms in total. The first-order valence-electron chi connectivity index (χ1n) is 3.52. The highest BCUT2D eigenvalue weighted by Gasteiger charge is 2.16. The highest BCUT2D eigenvalue weighted by atomic mass is 35.5. The lowest BCUT2D eigenvalue weighted by Crippen LogP contribution is -2.11. The molecule has 0 spiro atoms. The Morgan fingerprint density at radius 1 is 1.22 bits per heavy atom. The number of allylic oxidation sites excluding steroid dienone is 1. The Bertz CT molecular complexity index is 90.7. The lowest BCUT2D eigenvalue weighted by molar-refractivity contribution is 0.425. The van der Waals surface area contributed by atoms with Crippen molar-refractivity contribution in [1.29, 1.82) is 0 Å². The molecule has 0 aliphatic heterocycles. The van der Waals surface area contributed by atoms with Crippen LogP contribution < -0.4 is 0 Å². The highest BCUT2D eigenvalue weighted by molar-refractivity contribution is 6.20. The topological polar surface area (TPSA) is 0 Å². The number of halogens is 1. The van der Waals surface area contributed by atoms with Crippen molar-refractivity contribution in [3.05, 3.63) is 12.7 Å². The maximum atomic E-state index is 5.88. The molecule has 1 heteroatoms. The Kier molecular flexibility index (Phi) is 2.59. The summed E-state index contributed by atoms with van der Waals surface area (Å²) in [5.41, 5.74) is 0. The molecule has 0 aromatic heterocycles. The van der Waals surface area contributed by atoms with E-state index < -0.39 is 0 Å². The second kappa shape index (κ2) is 3.26. The molecule has 0 atom stereocenters. The second-order valence-electron chi connectivity index (χ2n) is 2.70. The Morgan fingerprint density at radius 3 is 2.22 bits per heavy atom. The standard InChI is InChI=1S/C8H12Cl/c1-2-7-3-5-8(9)6-4-7/h1-2,7-8H,3-6H2. The highest BCUT2D eigenvalue weighted by Crippen LogP contribution is 2.27. The van der Waals surface area contributed by atoms with Crippen molar-refractivity contribution < 1.29 is 0 Å². The third-order valence-electron chi connectivity index (χ3n) is 1.97. The van der Waals surface area contributed by atoms with E-state index >= 15 is 0 Å². The number of hydrogen-bond donors (Lipinski definition) is 0. The van der Waals surface area contributed by atoms with Crippen LogP contribution in [0, 0.1) is 12.5 Å². The predicted molar refractivity (Wildman–Crippen MR) is 40.5 cm³/mol.